The number of rotatable bonds is 5. The summed E-state index contributed by atoms with van der Waals surface area (Å²) in [5.41, 5.74) is 1.40. The first kappa shape index (κ1) is 15.7. The monoisotopic (exact) mass is 335 g/mol. The van der Waals surface area contributed by atoms with Crippen LogP contribution in [0.1, 0.15) is 11.4 Å². The molecular formula is C15H17N3O4S. The van der Waals surface area contributed by atoms with Crippen LogP contribution in [0.4, 0.5) is 0 Å². The zero-order chi connectivity index (χ0) is 16.3. The van der Waals surface area contributed by atoms with Crippen LogP contribution in [0.2, 0.25) is 0 Å². The maximum absolute atomic E-state index is 12.2. The molecule has 0 radical (unpaired) electrons. The molecule has 1 N–H and O–H groups in total. The summed E-state index contributed by atoms with van der Waals surface area (Å²) in [6.45, 7) is 2.14. The number of ether oxygens (including phenoxy) is 2. The van der Waals surface area contributed by atoms with Crippen LogP contribution in [0.5, 0.6) is 11.5 Å². The quantitative estimate of drug-likeness (QED) is 0.878. The molecule has 1 aromatic carbocycles. The van der Waals surface area contributed by atoms with E-state index in [1.165, 1.54) is 6.33 Å². The molecule has 1 atom stereocenters. The van der Waals surface area contributed by atoms with Gasteiger partial charge in [0, 0.05) is 5.69 Å². The Balaban J connectivity index is 1.59. The van der Waals surface area contributed by atoms with E-state index in [-0.39, 0.29) is 18.9 Å². The summed E-state index contributed by atoms with van der Waals surface area (Å²) < 4.78 is 38.1. The lowest BCUT2D eigenvalue weighted by atomic mass is 10.3. The second-order valence-corrected chi connectivity index (χ2v) is 7.10. The molecule has 2 heterocycles. The minimum atomic E-state index is -3.51. The summed E-state index contributed by atoms with van der Waals surface area (Å²) >= 11 is 0. The number of nitrogens with zero attached hydrogens (tertiary/aromatic N) is 2. The average molecular weight is 335 g/mol. The lowest BCUT2D eigenvalue weighted by Gasteiger charge is -2.26. The SMILES string of the molecule is Cc1cc(CNS(=O)(=O)CC2COc3ccccc3O2)ncn1. The van der Waals surface area contributed by atoms with E-state index in [0.717, 1.165) is 5.69 Å². The summed E-state index contributed by atoms with van der Waals surface area (Å²) in [5, 5.41) is 0. The maximum Gasteiger partial charge on any atom is 0.215 e. The fourth-order valence-corrected chi connectivity index (χ4v) is 3.38. The number of para-hydroxylation sites is 2. The smallest absolute Gasteiger partial charge is 0.215 e. The van der Waals surface area contributed by atoms with Crippen LogP contribution in [0.3, 0.4) is 0 Å². The first-order valence-electron chi connectivity index (χ1n) is 7.15. The highest BCUT2D eigenvalue weighted by molar-refractivity contribution is 7.89. The molecule has 0 fully saturated rings. The van der Waals surface area contributed by atoms with Crippen molar-refractivity contribution in [2.45, 2.75) is 19.6 Å². The Morgan fingerprint density at radius 1 is 1.26 bits per heavy atom. The van der Waals surface area contributed by atoms with E-state index in [4.69, 9.17) is 9.47 Å². The third kappa shape index (κ3) is 4.17. The van der Waals surface area contributed by atoms with Gasteiger partial charge in [0.05, 0.1) is 12.2 Å². The predicted molar refractivity (Wildman–Crippen MR) is 83.7 cm³/mol. The van der Waals surface area contributed by atoms with Gasteiger partial charge >= 0.3 is 0 Å². The zero-order valence-electron chi connectivity index (χ0n) is 12.6. The standard InChI is InChI=1S/C15H17N3O4S/c1-11-6-12(17-10-16-11)7-18-23(19,20)9-13-8-21-14-4-2-3-5-15(14)22-13/h2-6,10,13,18H,7-9H2,1H3. The third-order valence-corrected chi connectivity index (χ3v) is 4.70. The second-order valence-electron chi connectivity index (χ2n) is 5.25. The summed E-state index contributed by atoms with van der Waals surface area (Å²) in [5.74, 6) is 1.02. The lowest BCUT2D eigenvalue weighted by molar-refractivity contribution is 0.106. The Labute approximate surface area is 134 Å². The van der Waals surface area contributed by atoms with Crippen molar-refractivity contribution in [1.82, 2.24) is 14.7 Å². The first-order valence-corrected chi connectivity index (χ1v) is 8.80. The van der Waals surface area contributed by atoms with Crippen LogP contribution in [0, 0.1) is 6.92 Å². The van der Waals surface area contributed by atoms with Gasteiger partial charge in [-0.1, -0.05) is 12.1 Å². The van der Waals surface area contributed by atoms with Gasteiger partial charge in [-0.3, -0.25) is 0 Å². The Bertz CT molecular complexity index is 795. The molecule has 0 spiro atoms. The number of hydrogen-bond acceptors (Lipinski definition) is 6. The number of benzene rings is 1. The third-order valence-electron chi connectivity index (χ3n) is 3.31. The zero-order valence-corrected chi connectivity index (χ0v) is 13.4. The number of nitrogens with one attached hydrogen (secondary N) is 1. The van der Waals surface area contributed by atoms with Crippen molar-refractivity contribution >= 4 is 10.0 Å². The van der Waals surface area contributed by atoms with Gasteiger partial charge in [-0.15, -0.1) is 0 Å². The number of aryl methyl sites for hydroxylation is 1. The van der Waals surface area contributed by atoms with Crippen LogP contribution in [0.15, 0.2) is 36.7 Å². The predicted octanol–water partition coefficient (Wildman–Crippen LogP) is 1.04. The minimum Gasteiger partial charge on any atom is -0.486 e. The van der Waals surface area contributed by atoms with Crippen LogP contribution in [0.25, 0.3) is 0 Å². The number of aromatic nitrogens is 2. The lowest BCUT2D eigenvalue weighted by Crippen LogP contribution is -2.39. The normalized spacial score (nSPS) is 17.0. The molecule has 1 aliphatic heterocycles. The molecule has 3 rings (SSSR count). The topological polar surface area (TPSA) is 90.4 Å². The van der Waals surface area contributed by atoms with E-state index in [9.17, 15) is 8.42 Å². The van der Waals surface area contributed by atoms with Gasteiger partial charge < -0.3 is 9.47 Å². The average Bonchev–Trinajstić information content (AvgIpc) is 2.53. The van der Waals surface area contributed by atoms with Crippen molar-refractivity contribution in [1.29, 1.82) is 0 Å². The van der Waals surface area contributed by atoms with Gasteiger partial charge in [0.2, 0.25) is 10.0 Å². The Hall–Kier alpha value is -2.19. The highest BCUT2D eigenvalue weighted by Gasteiger charge is 2.26. The number of fused-ring (bicyclic) bond motifs is 1. The van der Waals surface area contributed by atoms with Crippen molar-refractivity contribution in [3.8, 4) is 11.5 Å². The van der Waals surface area contributed by atoms with E-state index in [1.807, 2.05) is 19.1 Å². The van der Waals surface area contributed by atoms with Crippen molar-refractivity contribution in [2.75, 3.05) is 12.4 Å². The van der Waals surface area contributed by atoms with Crippen molar-refractivity contribution in [2.24, 2.45) is 0 Å². The van der Waals surface area contributed by atoms with Crippen LogP contribution < -0.4 is 14.2 Å². The molecule has 8 heteroatoms. The first-order chi connectivity index (χ1) is 11.0. The minimum absolute atomic E-state index is 0.121. The van der Waals surface area contributed by atoms with E-state index >= 15 is 0 Å². The van der Waals surface area contributed by atoms with Gasteiger partial charge in [-0.05, 0) is 25.1 Å². The fourth-order valence-electron chi connectivity index (χ4n) is 2.24. The molecule has 1 aliphatic rings. The molecule has 0 saturated carbocycles. The molecule has 0 amide bonds. The number of hydrogen-bond donors (Lipinski definition) is 1. The second kappa shape index (κ2) is 6.51. The molecular weight excluding hydrogens is 318 g/mol. The molecule has 7 nitrogen and oxygen atoms in total. The molecule has 1 aromatic heterocycles. The Morgan fingerprint density at radius 3 is 2.83 bits per heavy atom. The van der Waals surface area contributed by atoms with Gasteiger partial charge in [-0.25, -0.2) is 23.1 Å². The fraction of sp³-hybridized carbons (Fsp3) is 0.333. The van der Waals surface area contributed by atoms with Crippen LogP contribution in [-0.4, -0.2) is 36.8 Å². The Morgan fingerprint density at radius 2 is 2.04 bits per heavy atom. The summed E-state index contributed by atoms with van der Waals surface area (Å²) in [6, 6.07) is 8.93. The van der Waals surface area contributed by atoms with Crippen LogP contribution >= 0.6 is 0 Å². The molecule has 0 aliphatic carbocycles. The molecule has 0 bridgehead atoms. The van der Waals surface area contributed by atoms with E-state index in [0.29, 0.717) is 17.2 Å². The largest absolute Gasteiger partial charge is 0.486 e. The molecule has 1 unspecified atom stereocenters. The van der Waals surface area contributed by atoms with Crippen molar-refractivity contribution < 1.29 is 17.9 Å². The molecule has 0 saturated heterocycles. The summed E-state index contributed by atoms with van der Waals surface area (Å²) in [6.07, 6.45) is 0.864. The van der Waals surface area contributed by atoms with Gasteiger partial charge in [-0.2, -0.15) is 0 Å². The van der Waals surface area contributed by atoms with Gasteiger partial charge in [0.25, 0.3) is 0 Å². The maximum atomic E-state index is 12.2. The molecule has 23 heavy (non-hydrogen) atoms. The molecule has 2 aromatic rings. The summed E-state index contributed by atoms with van der Waals surface area (Å²) in [7, 11) is -3.51. The highest BCUT2D eigenvalue weighted by atomic mass is 32.2. The summed E-state index contributed by atoms with van der Waals surface area (Å²) in [4.78, 5) is 8.00. The van der Waals surface area contributed by atoms with E-state index in [2.05, 4.69) is 14.7 Å². The number of sulfonamides is 1. The van der Waals surface area contributed by atoms with Gasteiger partial charge in [0.15, 0.2) is 11.5 Å². The highest BCUT2D eigenvalue weighted by Crippen LogP contribution is 2.31. The van der Waals surface area contributed by atoms with Crippen molar-refractivity contribution in [3.63, 3.8) is 0 Å². The van der Waals surface area contributed by atoms with Gasteiger partial charge in [0.1, 0.15) is 24.8 Å². The van der Waals surface area contributed by atoms with E-state index < -0.39 is 16.1 Å². The van der Waals surface area contributed by atoms with E-state index in [1.54, 1.807) is 18.2 Å². The Kier molecular flexibility index (Phi) is 4.44. The molecule has 122 valence electrons. The van der Waals surface area contributed by atoms with Crippen LogP contribution in [-0.2, 0) is 16.6 Å². The van der Waals surface area contributed by atoms with Crippen molar-refractivity contribution in [3.05, 3.63) is 48.0 Å².